The van der Waals surface area contributed by atoms with E-state index >= 15 is 0 Å². The van der Waals surface area contributed by atoms with Gasteiger partial charge in [-0.3, -0.25) is 4.79 Å². The van der Waals surface area contributed by atoms with Crippen LogP contribution in [0.5, 0.6) is 5.75 Å². The Hall–Kier alpha value is -2.83. The molecule has 0 bridgehead atoms. The van der Waals surface area contributed by atoms with E-state index in [1.807, 2.05) is 56.6 Å². The predicted molar refractivity (Wildman–Crippen MR) is 122 cm³/mol. The minimum Gasteiger partial charge on any atom is -0.494 e. The van der Waals surface area contributed by atoms with Crippen LogP contribution in [0.4, 0.5) is 11.4 Å². The maximum atomic E-state index is 12.2. The largest absolute Gasteiger partial charge is 0.494 e. The normalized spacial score (nSPS) is 14.3. The highest BCUT2D eigenvalue weighted by atomic mass is 16.5. The summed E-state index contributed by atoms with van der Waals surface area (Å²) < 4.78 is 11.1. The molecule has 1 N–H and O–H groups in total. The van der Waals surface area contributed by atoms with E-state index in [1.165, 1.54) is 5.69 Å². The Bertz CT molecular complexity index is 811. The van der Waals surface area contributed by atoms with Crippen LogP contribution >= 0.6 is 0 Å². The Morgan fingerprint density at radius 3 is 2.47 bits per heavy atom. The van der Waals surface area contributed by atoms with Crippen LogP contribution < -0.4 is 15.0 Å². The lowest BCUT2D eigenvalue weighted by molar-refractivity contribution is -0.111. The molecule has 6 nitrogen and oxygen atoms in total. The first-order valence-corrected chi connectivity index (χ1v) is 10.4. The third-order valence-electron chi connectivity index (χ3n) is 4.84. The van der Waals surface area contributed by atoms with E-state index in [0.717, 1.165) is 56.3 Å². The number of anilines is 2. The van der Waals surface area contributed by atoms with E-state index < -0.39 is 0 Å². The molecule has 0 radical (unpaired) electrons. The molecule has 3 rings (SSSR count). The summed E-state index contributed by atoms with van der Waals surface area (Å²) in [5, 5.41) is 2.87. The molecule has 0 saturated carbocycles. The van der Waals surface area contributed by atoms with Crippen LogP contribution in [0.1, 0.15) is 12.0 Å². The summed E-state index contributed by atoms with van der Waals surface area (Å²) >= 11 is 0. The Morgan fingerprint density at radius 2 is 1.80 bits per heavy atom. The van der Waals surface area contributed by atoms with Crippen LogP contribution in [-0.4, -0.2) is 64.4 Å². The average molecular weight is 410 g/mol. The van der Waals surface area contributed by atoms with E-state index in [-0.39, 0.29) is 5.91 Å². The van der Waals surface area contributed by atoms with Crippen molar-refractivity contribution in [1.29, 1.82) is 0 Å². The SMILES string of the molecule is CN(C)CCCOc1ccc(NC(=O)C=Cc2ccc(N3CCOCC3)cc2)cc1. The van der Waals surface area contributed by atoms with E-state index in [9.17, 15) is 4.79 Å². The van der Waals surface area contributed by atoms with Gasteiger partial charge in [-0.15, -0.1) is 0 Å². The Kier molecular flexibility index (Phi) is 8.30. The Balaban J connectivity index is 1.44. The number of hydrogen-bond acceptors (Lipinski definition) is 5. The van der Waals surface area contributed by atoms with Crippen molar-refractivity contribution in [3.8, 4) is 5.75 Å². The van der Waals surface area contributed by atoms with E-state index in [4.69, 9.17) is 9.47 Å². The summed E-state index contributed by atoms with van der Waals surface area (Å²) in [6, 6.07) is 15.7. The van der Waals surface area contributed by atoms with Crippen molar-refractivity contribution in [3.63, 3.8) is 0 Å². The summed E-state index contributed by atoms with van der Waals surface area (Å²) in [6.45, 7) is 5.04. The first kappa shape index (κ1) is 21.9. The summed E-state index contributed by atoms with van der Waals surface area (Å²) in [4.78, 5) is 16.6. The molecule has 30 heavy (non-hydrogen) atoms. The minimum absolute atomic E-state index is 0.160. The first-order chi connectivity index (χ1) is 14.6. The number of nitrogens with one attached hydrogen (secondary N) is 1. The molecule has 1 heterocycles. The molecular weight excluding hydrogens is 378 g/mol. The molecule has 1 aliphatic heterocycles. The number of rotatable bonds is 9. The molecule has 0 unspecified atom stereocenters. The highest BCUT2D eigenvalue weighted by molar-refractivity contribution is 6.01. The monoisotopic (exact) mass is 409 g/mol. The van der Waals surface area contributed by atoms with Gasteiger partial charge in [0.2, 0.25) is 5.91 Å². The number of morpholine rings is 1. The maximum absolute atomic E-state index is 12.2. The molecule has 1 amide bonds. The van der Waals surface area contributed by atoms with Gasteiger partial charge >= 0.3 is 0 Å². The predicted octanol–water partition coefficient (Wildman–Crippen LogP) is 3.51. The zero-order valence-corrected chi connectivity index (χ0v) is 17.8. The van der Waals surface area contributed by atoms with Crippen LogP contribution in [0, 0.1) is 0 Å². The average Bonchev–Trinajstić information content (AvgIpc) is 2.77. The van der Waals surface area contributed by atoms with Gasteiger partial charge in [0.15, 0.2) is 0 Å². The summed E-state index contributed by atoms with van der Waals surface area (Å²) in [5.74, 6) is 0.648. The van der Waals surface area contributed by atoms with Gasteiger partial charge < -0.3 is 24.6 Å². The number of carbonyl (C=O) groups is 1. The number of ether oxygens (including phenoxy) is 2. The van der Waals surface area contributed by atoms with Crippen LogP contribution in [0.2, 0.25) is 0 Å². The van der Waals surface area contributed by atoms with Crippen molar-refractivity contribution in [1.82, 2.24) is 4.90 Å². The second-order valence-electron chi connectivity index (χ2n) is 7.54. The molecule has 2 aromatic rings. The summed E-state index contributed by atoms with van der Waals surface area (Å²) in [7, 11) is 4.10. The highest BCUT2D eigenvalue weighted by Gasteiger charge is 2.10. The van der Waals surface area contributed by atoms with Crippen molar-refractivity contribution in [2.24, 2.45) is 0 Å². The van der Waals surface area contributed by atoms with Crippen LogP contribution in [0.3, 0.4) is 0 Å². The zero-order chi connectivity index (χ0) is 21.2. The van der Waals surface area contributed by atoms with E-state index in [2.05, 4.69) is 27.2 Å². The van der Waals surface area contributed by atoms with Gasteiger partial charge in [-0.05, 0) is 68.6 Å². The van der Waals surface area contributed by atoms with Gasteiger partial charge in [-0.2, -0.15) is 0 Å². The molecule has 6 heteroatoms. The Morgan fingerprint density at radius 1 is 1.10 bits per heavy atom. The molecule has 1 aliphatic rings. The van der Waals surface area contributed by atoms with Crippen LogP contribution in [0.25, 0.3) is 6.08 Å². The quantitative estimate of drug-likeness (QED) is 0.507. The van der Waals surface area contributed by atoms with E-state index in [0.29, 0.717) is 6.61 Å². The fraction of sp³-hybridized carbons (Fsp3) is 0.375. The standard InChI is InChI=1S/C24H31N3O3/c1-26(2)14-3-17-30-23-11-7-21(8-12-23)25-24(28)13-6-20-4-9-22(10-5-20)27-15-18-29-19-16-27/h4-13H,3,14-19H2,1-2H3,(H,25,28). The number of amides is 1. The third kappa shape index (κ3) is 7.21. The molecule has 160 valence electrons. The fourth-order valence-corrected chi connectivity index (χ4v) is 3.18. The van der Waals surface area contributed by atoms with Gasteiger partial charge in [0.05, 0.1) is 19.8 Å². The van der Waals surface area contributed by atoms with Crippen molar-refractivity contribution in [3.05, 3.63) is 60.2 Å². The molecule has 0 aliphatic carbocycles. The van der Waals surface area contributed by atoms with Gasteiger partial charge in [0.1, 0.15) is 5.75 Å². The van der Waals surface area contributed by atoms with Crippen molar-refractivity contribution in [2.75, 3.05) is 63.8 Å². The van der Waals surface area contributed by atoms with Crippen LogP contribution in [-0.2, 0) is 9.53 Å². The molecule has 1 fully saturated rings. The van der Waals surface area contributed by atoms with Crippen molar-refractivity contribution >= 4 is 23.4 Å². The lowest BCUT2D eigenvalue weighted by Crippen LogP contribution is -2.36. The lowest BCUT2D eigenvalue weighted by Gasteiger charge is -2.28. The fourth-order valence-electron chi connectivity index (χ4n) is 3.18. The molecule has 0 aromatic heterocycles. The van der Waals surface area contributed by atoms with Crippen LogP contribution in [0.15, 0.2) is 54.6 Å². The highest BCUT2D eigenvalue weighted by Crippen LogP contribution is 2.18. The molecule has 1 saturated heterocycles. The molecule has 2 aromatic carbocycles. The number of benzene rings is 2. The van der Waals surface area contributed by atoms with Crippen molar-refractivity contribution in [2.45, 2.75) is 6.42 Å². The van der Waals surface area contributed by atoms with E-state index in [1.54, 1.807) is 6.08 Å². The first-order valence-electron chi connectivity index (χ1n) is 10.4. The number of nitrogens with zero attached hydrogens (tertiary/aromatic N) is 2. The summed E-state index contributed by atoms with van der Waals surface area (Å²) in [5.41, 5.74) is 2.92. The van der Waals surface area contributed by atoms with Gasteiger partial charge in [0, 0.05) is 37.1 Å². The number of hydrogen-bond donors (Lipinski definition) is 1. The zero-order valence-electron chi connectivity index (χ0n) is 17.8. The minimum atomic E-state index is -0.160. The topological polar surface area (TPSA) is 54.0 Å². The second kappa shape index (κ2) is 11.4. The number of carbonyl (C=O) groups excluding carboxylic acids is 1. The molecule has 0 atom stereocenters. The molecular formula is C24H31N3O3. The maximum Gasteiger partial charge on any atom is 0.248 e. The second-order valence-corrected chi connectivity index (χ2v) is 7.54. The molecule has 0 spiro atoms. The third-order valence-corrected chi connectivity index (χ3v) is 4.84. The summed E-state index contributed by atoms with van der Waals surface area (Å²) in [6.07, 6.45) is 4.35. The lowest BCUT2D eigenvalue weighted by atomic mass is 10.1. The smallest absolute Gasteiger partial charge is 0.248 e. The van der Waals surface area contributed by atoms with Gasteiger partial charge in [0.25, 0.3) is 0 Å². The van der Waals surface area contributed by atoms with Crippen molar-refractivity contribution < 1.29 is 14.3 Å². The Labute approximate surface area is 179 Å². The van der Waals surface area contributed by atoms with Gasteiger partial charge in [-0.25, -0.2) is 0 Å². The van der Waals surface area contributed by atoms with Gasteiger partial charge in [-0.1, -0.05) is 12.1 Å².